The van der Waals surface area contributed by atoms with Crippen molar-refractivity contribution < 1.29 is 9.34 Å². The molecule has 0 aliphatic rings. The van der Waals surface area contributed by atoms with Gasteiger partial charge in [0.15, 0.2) is 0 Å². The zero-order valence-electron chi connectivity index (χ0n) is 10.5. The van der Waals surface area contributed by atoms with E-state index in [0.717, 1.165) is 18.4 Å². The van der Waals surface area contributed by atoms with Crippen LogP contribution in [0.2, 0.25) is 0 Å². The van der Waals surface area contributed by atoms with Crippen molar-refractivity contribution >= 4 is 11.7 Å². The predicted molar refractivity (Wildman–Crippen MR) is 68.7 cm³/mol. The van der Waals surface area contributed by atoms with Crippen molar-refractivity contribution in [2.24, 2.45) is 0 Å². The lowest BCUT2D eigenvalue weighted by atomic mass is 10.2. The van der Waals surface area contributed by atoms with Gasteiger partial charge in [0.05, 0.1) is 4.92 Å². The molecule has 1 N–H and O–H groups in total. The highest BCUT2D eigenvalue weighted by Crippen LogP contribution is 2.14. The molecule has 0 fully saturated rings. The van der Waals surface area contributed by atoms with Crippen molar-refractivity contribution in [2.75, 3.05) is 5.32 Å². The largest absolute Gasteiger partial charge is 0.408 e. The van der Waals surface area contributed by atoms with Crippen molar-refractivity contribution in [3.05, 3.63) is 45.8 Å². The molecule has 0 aliphatic heterocycles. The van der Waals surface area contributed by atoms with Crippen LogP contribution < -0.4 is 5.32 Å². The summed E-state index contributed by atoms with van der Waals surface area (Å²) in [6, 6.07) is 6.73. The third-order valence-corrected chi connectivity index (χ3v) is 2.50. The highest BCUT2D eigenvalue weighted by atomic mass is 16.6. The van der Waals surface area contributed by atoms with Gasteiger partial charge in [0.2, 0.25) is 5.89 Å². The number of nitro benzene ring substituents is 1. The second-order valence-electron chi connectivity index (χ2n) is 4.03. The Balaban J connectivity index is 1.97. The van der Waals surface area contributed by atoms with E-state index in [9.17, 15) is 10.1 Å². The number of hydrogen-bond acceptors (Lipinski definition) is 6. The summed E-state index contributed by atoms with van der Waals surface area (Å²) in [4.78, 5) is 10.2. The van der Waals surface area contributed by atoms with Crippen LogP contribution in [0.5, 0.6) is 0 Å². The number of nitrogens with one attached hydrogen (secondary N) is 1. The van der Waals surface area contributed by atoms with Gasteiger partial charge < -0.3 is 9.73 Å². The molecule has 7 nitrogen and oxygen atoms in total. The topological polar surface area (TPSA) is 94.1 Å². The van der Waals surface area contributed by atoms with Crippen molar-refractivity contribution in [1.82, 2.24) is 10.2 Å². The first-order chi connectivity index (χ1) is 9.19. The Morgan fingerprint density at radius 2 is 2.26 bits per heavy atom. The van der Waals surface area contributed by atoms with Crippen LogP contribution in [0.15, 0.2) is 28.7 Å². The number of hydrogen-bond donors (Lipinski definition) is 1. The zero-order valence-corrected chi connectivity index (χ0v) is 10.5. The van der Waals surface area contributed by atoms with E-state index in [4.69, 9.17) is 4.42 Å². The molecule has 1 heterocycles. The summed E-state index contributed by atoms with van der Waals surface area (Å²) in [5.41, 5.74) is 0.848. The fraction of sp³-hybridized carbons (Fsp3) is 0.333. The molecule has 0 aliphatic carbocycles. The first-order valence-corrected chi connectivity index (χ1v) is 5.98. The molecule has 2 aromatic rings. The van der Waals surface area contributed by atoms with Gasteiger partial charge in [0, 0.05) is 25.1 Å². The van der Waals surface area contributed by atoms with E-state index in [1.54, 1.807) is 12.1 Å². The molecule has 0 atom stereocenters. The van der Waals surface area contributed by atoms with Gasteiger partial charge in [0.1, 0.15) is 0 Å². The van der Waals surface area contributed by atoms with Gasteiger partial charge in [0.25, 0.3) is 5.69 Å². The summed E-state index contributed by atoms with van der Waals surface area (Å²) in [7, 11) is 0. The molecule has 100 valence electrons. The van der Waals surface area contributed by atoms with Crippen LogP contribution in [0.4, 0.5) is 11.7 Å². The molecule has 0 bridgehead atoms. The van der Waals surface area contributed by atoms with E-state index in [1.807, 2.05) is 6.92 Å². The second kappa shape index (κ2) is 5.94. The first-order valence-electron chi connectivity index (χ1n) is 5.98. The Bertz CT molecular complexity index is 568. The molecule has 0 saturated carbocycles. The molecule has 2 rings (SSSR count). The molecule has 0 spiro atoms. The quantitative estimate of drug-likeness (QED) is 0.635. The van der Waals surface area contributed by atoms with E-state index in [1.165, 1.54) is 12.1 Å². The number of anilines is 1. The number of nitro groups is 1. The molecular formula is C12H14N4O3. The lowest BCUT2D eigenvalue weighted by Gasteiger charge is -2.01. The van der Waals surface area contributed by atoms with Gasteiger partial charge in [-0.15, -0.1) is 5.10 Å². The first kappa shape index (κ1) is 13.0. The van der Waals surface area contributed by atoms with E-state index in [0.29, 0.717) is 18.5 Å². The van der Waals surface area contributed by atoms with Crippen LogP contribution >= 0.6 is 0 Å². The molecular weight excluding hydrogens is 248 g/mol. The lowest BCUT2D eigenvalue weighted by molar-refractivity contribution is -0.384. The van der Waals surface area contributed by atoms with Crippen LogP contribution in [0.3, 0.4) is 0 Å². The van der Waals surface area contributed by atoms with Crippen molar-refractivity contribution in [2.45, 2.75) is 26.3 Å². The SMILES string of the molecule is CCCc1nnc(NCc2cccc([N+](=O)[O-])c2)o1. The van der Waals surface area contributed by atoms with Gasteiger partial charge in [-0.1, -0.05) is 24.2 Å². The van der Waals surface area contributed by atoms with Gasteiger partial charge in [-0.05, 0) is 12.0 Å². The standard InChI is InChI=1S/C12H14N4O3/c1-2-4-11-14-15-12(19-11)13-8-9-5-3-6-10(7-9)16(17)18/h3,5-7H,2,4,8H2,1H3,(H,13,15). The summed E-state index contributed by atoms with van der Waals surface area (Å²) in [5, 5.41) is 21.3. The van der Waals surface area contributed by atoms with E-state index < -0.39 is 4.92 Å². The van der Waals surface area contributed by atoms with E-state index >= 15 is 0 Å². The van der Waals surface area contributed by atoms with Gasteiger partial charge >= 0.3 is 6.01 Å². The Morgan fingerprint density at radius 3 is 3.00 bits per heavy atom. The van der Waals surface area contributed by atoms with E-state index in [-0.39, 0.29) is 5.69 Å². The highest BCUT2D eigenvalue weighted by molar-refractivity contribution is 5.35. The summed E-state index contributed by atoms with van der Waals surface area (Å²) < 4.78 is 5.36. The van der Waals surface area contributed by atoms with Crippen LogP contribution in [-0.2, 0) is 13.0 Å². The van der Waals surface area contributed by atoms with Crippen molar-refractivity contribution in [3.63, 3.8) is 0 Å². The normalized spacial score (nSPS) is 10.4. The Morgan fingerprint density at radius 1 is 1.42 bits per heavy atom. The van der Waals surface area contributed by atoms with Gasteiger partial charge in [-0.2, -0.15) is 0 Å². The van der Waals surface area contributed by atoms with E-state index in [2.05, 4.69) is 15.5 Å². The summed E-state index contributed by atoms with van der Waals surface area (Å²) in [5.74, 6) is 0.587. The molecule has 0 radical (unpaired) electrons. The van der Waals surface area contributed by atoms with Crippen LogP contribution in [0.1, 0.15) is 24.8 Å². The second-order valence-corrected chi connectivity index (χ2v) is 4.03. The molecule has 1 aromatic heterocycles. The molecule has 0 saturated heterocycles. The summed E-state index contributed by atoms with van der Waals surface area (Å²) >= 11 is 0. The average molecular weight is 262 g/mol. The van der Waals surface area contributed by atoms with Crippen molar-refractivity contribution in [3.8, 4) is 0 Å². The fourth-order valence-electron chi connectivity index (χ4n) is 1.60. The number of benzene rings is 1. The lowest BCUT2D eigenvalue weighted by Crippen LogP contribution is -2.00. The summed E-state index contributed by atoms with van der Waals surface area (Å²) in [6.45, 7) is 2.43. The monoisotopic (exact) mass is 262 g/mol. The number of nitrogens with zero attached hydrogens (tertiary/aromatic N) is 3. The molecule has 19 heavy (non-hydrogen) atoms. The Labute approximate surface area is 109 Å². The van der Waals surface area contributed by atoms with Gasteiger partial charge in [-0.25, -0.2) is 0 Å². The van der Waals surface area contributed by atoms with Crippen LogP contribution in [0, 0.1) is 10.1 Å². The highest BCUT2D eigenvalue weighted by Gasteiger charge is 2.07. The maximum Gasteiger partial charge on any atom is 0.315 e. The van der Waals surface area contributed by atoms with Gasteiger partial charge in [-0.3, -0.25) is 10.1 Å². The predicted octanol–water partition coefficient (Wildman–Crippen LogP) is 2.54. The summed E-state index contributed by atoms with van der Waals surface area (Å²) in [6.07, 6.45) is 1.68. The maximum atomic E-state index is 10.6. The molecule has 0 amide bonds. The third-order valence-electron chi connectivity index (χ3n) is 2.50. The fourth-order valence-corrected chi connectivity index (χ4v) is 1.60. The molecule has 0 unspecified atom stereocenters. The number of aromatic nitrogens is 2. The van der Waals surface area contributed by atoms with Crippen molar-refractivity contribution in [1.29, 1.82) is 0 Å². The smallest absolute Gasteiger partial charge is 0.315 e. The average Bonchev–Trinajstić information content (AvgIpc) is 2.85. The number of aryl methyl sites for hydroxylation is 1. The Kier molecular flexibility index (Phi) is 4.07. The zero-order chi connectivity index (χ0) is 13.7. The number of non-ortho nitro benzene ring substituents is 1. The number of rotatable bonds is 6. The minimum atomic E-state index is -0.421. The molecule has 1 aromatic carbocycles. The molecule has 7 heteroatoms. The maximum absolute atomic E-state index is 10.6. The van der Waals surface area contributed by atoms with Crippen LogP contribution in [-0.4, -0.2) is 15.1 Å². The third kappa shape index (κ3) is 3.51. The minimum Gasteiger partial charge on any atom is -0.408 e. The minimum absolute atomic E-state index is 0.0662. The van der Waals surface area contributed by atoms with Crippen LogP contribution in [0.25, 0.3) is 0 Å². The Hall–Kier alpha value is -2.44.